The van der Waals surface area contributed by atoms with E-state index in [0.717, 1.165) is 13.1 Å². The molecule has 0 spiro atoms. The average Bonchev–Trinajstić information content (AvgIpc) is 3.22. The second kappa shape index (κ2) is 6.75. The van der Waals surface area contributed by atoms with Gasteiger partial charge in [0, 0.05) is 44.4 Å². The maximum atomic E-state index is 12.4. The van der Waals surface area contributed by atoms with Crippen LogP contribution >= 0.6 is 0 Å². The van der Waals surface area contributed by atoms with E-state index in [4.69, 9.17) is 5.73 Å². The van der Waals surface area contributed by atoms with Crippen molar-refractivity contribution in [3.05, 3.63) is 54.6 Å². The molecule has 2 aromatic rings. The van der Waals surface area contributed by atoms with Crippen LogP contribution in [0.5, 0.6) is 0 Å². The molecule has 22 heavy (non-hydrogen) atoms. The minimum Gasteiger partial charge on any atom is -0.342 e. The van der Waals surface area contributed by atoms with E-state index in [2.05, 4.69) is 17.1 Å². The molecule has 0 radical (unpaired) electrons. The van der Waals surface area contributed by atoms with Crippen LogP contribution in [0.3, 0.4) is 0 Å². The molecule has 2 atom stereocenters. The van der Waals surface area contributed by atoms with Crippen molar-refractivity contribution in [3.8, 4) is 0 Å². The zero-order valence-corrected chi connectivity index (χ0v) is 12.6. The Labute approximate surface area is 130 Å². The van der Waals surface area contributed by atoms with Crippen molar-refractivity contribution < 1.29 is 4.79 Å². The lowest BCUT2D eigenvalue weighted by Gasteiger charge is -2.17. The number of benzene rings is 1. The van der Waals surface area contributed by atoms with Crippen molar-refractivity contribution in [2.45, 2.75) is 18.9 Å². The second-order valence-electron chi connectivity index (χ2n) is 5.86. The summed E-state index contributed by atoms with van der Waals surface area (Å²) in [7, 11) is 0. The van der Waals surface area contributed by atoms with Gasteiger partial charge in [-0.3, -0.25) is 4.79 Å². The number of amides is 1. The summed E-state index contributed by atoms with van der Waals surface area (Å²) in [6, 6.07) is 10.4. The minimum absolute atomic E-state index is 0.200. The fraction of sp³-hybridized carbons (Fsp3) is 0.412. The number of aromatic nitrogens is 2. The molecule has 3 rings (SSSR count). The normalized spacial score (nSPS) is 21.2. The third kappa shape index (κ3) is 3.20. The molecule has 1 fully saturated rings. The molecule has 0 bridgehead atoms. The number of aryl methyl sites for hydroxylation is 1. The molecule has 5 heteroatoms. The van der Waals surface area contributed by atoms with Crippen LogP contribution in [0, 0.1) is 5.92 Å². The molecule has 2 heterocycles. The van der Waals surface area contributed by atoms with E-state index in [1.165, 1.54) is 5.56 Å². The van der Waals surface area contributed by atoms with E-state index in [1.807, 2.05) is 33.9 Å². The van der Waals surface area contributed by atoms with Crippen LogP contribution in [0.25, 0.3) is 0 Å². The van der Waals surface area contributed by atoms with Crippen molar-refractivity contribution >= 4 is 5.91 Å². The highest BCUT2D eigenvalue weighted by atomic mass is 16.2. The lowest BCUT2D eigenvalue weighted by Crippen LogP contribution is -2.30. The van der Waals surface area contributed by atoms with E-state index >= 15 is 0 Å². The molecule has 1 aromatic heterocycles. The van der Waals surface area contributed by atoms with Crippen molar-refractivity contribution in [3.63, 3.8) is 0 Å². The number of carbonyl (C=O) groups excluding carboxylic acids is 1. The smallest absolute Gasteiger partial charge is 0.224 e. The summed E-state index contributed by atoms with van der Waals surface area (Å²) in [5, 5.41) is 0. The predicted molar refractivity (Wildman–Crippen MR) is 85.2 cm³/mol. The second-order valence-corrected chi connectivity index (χ2v) is 5.86. The molecule has 1 aliphatic heterocycles. The Morgan fingerprint density at radius 3 is 2.77 bits per heavy atom. The number of likely N-dealkylation sites (tertiary alicyclic amines) is 1. The van der Waals surface area contributed by atoms with Crippen LogP contribution in [0.1, 0.15) is 17.9 Å². The fourth-order valence-electron chi connectivity index (χ4n) is 3.19. The van der Waals surface area contributed by atoms with Gasteiger partial charge >= 0.3 is 0 Å². The summed E-state index contributed by atoms with van der Waals surface area (Å²) in [6.07, 6.45) is 5.87. The number of nitrogens with two attached hydrogens (primary N) is 1. The first kappa shape index (κ1) is 14.8. The standard InChI is InChI=1S/C17H22N4O/c18-10-15-11-21(12-16(15)14-4-2-1-3-5-14)17(22)6-8-20-9-7-19-13-20/h1-5,7,9,13,15-16H,6,8,10-12,18H2/t15-,16+/m1/s1. The predicted octanol–water partition coefficient (Wildman–Crippen LogP) is 1.47. The fourth-order valence-corrected chi connectivity index (χ4v) is 3.19. The summed E-state index contributed by atoms with van der Waals surface area (Å²) < 4.78 is 1.93. The van der Waals surface area contributed by atoms with Crippen LogP contribution in [-0.2, 0) is 11.3 Å². The van der Waals surface area contributed by atoms with Gasteiger partial charge in [-0.15, -0.1) is 0 Å². The highest BCUT2D eigenvalue weighted by molar-refractivity contribution is 5.76. The summed E-state index contributed by atoms with van der Waals surface area (Å²) in [4.78, 5) is 18.4. The summed E-state index contributed by atoms with van der Waals surface area (Å²) in [5.41, 5.74) is 7.21. The van der Waals surface area contributed by atoms with Crippen molar-refractivity contribution in [2.24, 2.45) is 11.7 Å². The third-order valence-corrected chi connectivity index (χ3v) is 4.47. The van der Waals surface area contributed by atoms with Gasteiger partial charge in [-0.2, -0.15) is 0 Å². The van der Waals surface area contributed by atoms with E-state index in [0.29, 0.717) is 31.3 Å². The zero-order valence-electron chi connectivity index (χ0n) is 12.6. The Morgan fingerprint density at radius 2 is 2.09 bits per heavy atom. The number of hydrogen-bond acceptors (Lipinski definition) is 3. The molecule has 1 saturated heterocycles. The maximum absolute atomic E-state index is 12.4. The Kier molecular flexibility index (Phi) is 4.53. The quantitative estimate of drug-likeness (QED) is 0.909. The maximum Gasteiger partial charge on any atom is 0.224 e. The van der Waals surface area contributed by atoms with Crippen molar-refractivity contribution in [1.82, 2.24) is 14.5 Å². The highest BCUT2D eigenvalue weighted by Crippen LogP contribution is 2.32. The van der Waals surface area contributed by atoms with Gasteiger partial charge in [0.05, 0.1) is 6.33 Å². The molecular formula is C17H22N4O. The van der Waals surface area contributed by atoms with Crippen LogP contribution in [-0.4, -0.2) is 40.0 Å². The lowest BCUT2D eigenvalue weighted by atomic mass is 9.89. The number of nitrogens with zero attached hydrogens (tertiary/aromatic N) is 3. The van der Waals surface area contributed by atoms with Crippen LogP contribution in [0.4, 0.5) is 0 Å². The average molecular weight is 298 g/mol. The molecule has 0 saturated carbocycles. The lowest BCUT2D eigenvalue weighted by molar-refractivity contribution is -0.130. The topological polar surface area (TPSA) is 64.2 Å². The largest absolute Gasteiger partial charge is 0.342 e. The Morgan fingerprint density at radius 1 is 1.27 bits per heavy atom. The van der Waals surface area contributed by atoms with E-state index < -0.39 is 0 Å². The van der Waals surface area contributed by atoms with Gasteiger partial charge in [0.1, 0.15) is 0 Å². The molecule has 5 nitrogen and oxygen atoms in total. The number of hydrogen-bond donors (Lipinski definition) is 1. The van der Waals surface area contributed by atoms with Gasteiger partial charge in [0.15, 0.2) is 0 Å². The van der Waals surface area contributed by atoms with Crippen LogP contribution < -0.4 is 5.73 Å². The first-order valence-electron chi connectivity index (χ1n) is 7.76. The molecule has 0 unspecified atom stereocenters. The van der Waals surface area contributed by atoms with E-state index in [-0.39, 0.29) is 5.91 Å². The van der Waals surface area contributed by atoms with Gasteiger partial charge in [-0.1, -0.05) is 30.3 Å². The van der Waals surface area contributed by atoms with Gasteiger partial charge in [-0.25, -0.2) is 4.98 Å². The molecule has 1 aromatic carbocycles. The van der Waals surface area contributed by atoms with E-state index in [9.17, 15) is 4.79 Å². The Bertz CT molecular complexity index is 596. The molecule has 2 N–H and O–H groups in total. The van der Waals surface area contributed by atoms with Crippen molar-refractivity contribution in [2.75, 3.05) is 19.6 Å². The Hall–Kier alpha value is -2.14. The summed E-state index contributed by atoms with van der Waals surface area (Å²) >= 11 is 0. The highest BCUT2D eigenvalue weighted by Gasteiger charge is 2.34. The van der Waals surface area contributed by atoms with Crippen LogP contribution in [0.2, 0.25) is 0 Å². The first-order valence-corrected chi connectivity index (χ1v) is 7.76. The Balaban J connectivity index is 1.62. The van der Waals surface area contributed by atoms with Crippen LogP contribution in [0.15, 0.2) is 49.1 Å². The number of imidazole rings is 1. The minimum atomic E-state index is 0.200. The van der Waals surface area contributed by atoms with Gasteiger partial charge in [0.2, 0.25) is 5.91 Å². The van der Waals surface area contributed by atoms with Gasteiger partial charge in [-0.05, 0) is 18.0 Å². The summed E-state index contributed by atoms with van der Waals surface area (Å²) in [6.45, 7) is 2.83. The molecule has 1 aliphatic rings. The molecular weight excluding hydrogens is 276 g/mol. The zero-order chi connectivity index (χ0) is 15.4. The SMILES string of the molecule is NC[C@@H]1CN(C(=O)CCn2ccnc2)C[C@H]1c1ccccc1. The number of rotatable bonds is 5. The molecule has 116 valence electrons. The first-order chi connectivity index (χ1) is 10.8. The van der Waals surface area contributed by atoms with Gasteiger partial charge in [0.25, 0.3) is 0 Å². The molecule has 1 amide bonds. The monoisotopic (exact) mass is 298 g/mol. The van der Waals surface area contributed by atoms with E-state index in [1.54, 1.807) is 12.5 Å². The number of carbonyl (C=O) groups is 1. The molecule has 0 aliphatic carbocycles. The van der Waals surface area contributed by atoms with Gasteiger partial charge < -0.3 is 15.2 Å². The third-order valence-electron chi connectivity index (χ3n) is 4.47. The summed E-state index contributed by atoms with van der Waals surface area (Å²) in [5.74, 6) is 0.897. The van der Waals surface area contributed by atoms with Crippen molar-refractivity contribution in [1.29, 1.82) is 0 Å².